The lowest BCUT2D eigenvalue weighted by atomic mass is 9.46. The molecule has 0 saturated heterocycles. The number of hydrogen-bond donors (Lipinski definition) is 0. The van der Waals surface area contributed by atoms with Crippen molar-refractivity contribution < 1.29 is 14.3 Å². The molecule has 3 heteroatoms. The molecule has 0 aliphatic heterocycles. The van der Waals surface area contributed by atoms with E-state index in [0.717, 1.165) is 24.7 Å². The van der Waals surface area contributed by atoms with Crippen molar-refractivity contribution in [2.24, 2.45) is 34.5 Å². The fourth-order valence-corrected chi connectivity index (χ4v) is 8.62. The smallest absolute Gasteiger partial charge is 0.337 e. The minimum absolute atomic E-state index is 0.229. The average molecular weight is 435 g/mol. The summed E-state index contributed by atoms with van der Waals surface area (Å²) in [5.41, 5.74) is 4.20. The van der Waals surface area contributed by atoms with Gasteiger partial charge in [0.2, 0.25) is 0 Å². The molecule has 3 fully saturated rings. The van der Waals surface area contributed by atoms with E-state index >= 15 is 0 Å². The lowest BCUT2D eigenvalue weighted by Crippen LogP contribution is -2.50. The monoisotopic (exact) mass is 434 g/mol. The SMILES string of the molecule is COC(=O)c1ccc(C2CCC3(C)C(=CCC4C3CCC3(C)C(C(C)=O)CCC43)C2)cc1. The zero-order valence-corrected chi connectivity index (χ0v) is 20.2. The lowest BCUT2D eigenvalue weighted by molar-refractivity contribution is -0.127. The molecule has 0 N–H and O–H groups in total. The molecule has 0 amide bonds. The second-order valence-electron chi connectivity index (χ2n) is 11.6. The van der Waals surface area contributed by atoms with Crippen molar-refractivity contribution in [3.63, 3.8) is 0 Å². The Kier molecular flexibility index (Phi) is 5.38. The number of Topliss-reactive ketones (excluding diaryl/α,β-unsaturated/α-hetero) is 1. The first-order valence-electron chi connectivity index (χ1n) is 12.7. The Morgan fingerprint density at radius 2 is 1.72 bits per heavy atom. The first-order chi connectivity index (χ1) is 15.3. The Hall–Kier alpha value is -1.90. The molecular weight excluding hydrogens is 396 g/mol. The van der Waals surface area contributed by atoms with Crippen LogP contribution in [0.15, 0.2) is 35.9 Å². The topological polar surface area (TPSA) is 43.4 Å². The molecule has 1 aromatic carbocycles. The van der Waals surface area contributed by atoms with E-state index in [0.29, 0.717) is 28.6 Å². The summed E-state index contributed by atoms with van der Waals surface area (Å²) in [6, 6.07) is 8.07. The third-order valence-corrected chi connectivity index (χ3v) is 10.4. The molecule has 0 spiro atoms. The Morgan fingerprint density at radius 1 is 0.969 bits per heavy atom. The summed E-state index contributed by atoms with van der Waals surface area (Å²) in [5.74, 6) is 3.22. The van der Waals surface area contributed by atoms with E-state index in [2.05, 4.69) is 32.1 Å². The van der Waals surface area contributed by atoms with Crippen molar-refractivity contribution >= 4 is 11.8 Å². The molecule has 1 aromatic rings. The van der Waals surface area contributed by atoms with Crippen LogP contribution in [-0.4, -0.2) is 18.9 Å². The van der Waals surface area contributed by atoms with E-state index < -0.39 is 0 Å². The number of hydrogen-bond acceptors (Lipinski definition) is 3. The van der Waals surface area contributed by atoms with Crippen molar-refractivity contribution in [1.82, 2.24) is 0 Å². The van der Waals surface area contributed by atoms with Crippen LogP contribution in [0.25, 0.3) is 0 Å². The molecule has 0 aromatic heterocycles. The highest BCUT2D eigenvalue weighted by atomic mass is 16.5. The first kappa shape index (κ1) is 21.9. The minimum Gasteiger partial charge on any atom is -0.465 e. The number of carbonyl (C=O) groups is 2. The van der Waals surface area contributed by atoms with Gasteiger partial charge < -0.3 is 4.74 Å². The Labute approximate surface area is 193 Å². The van der Waals surface area contributed by atoms with Gasteiger partial charge in [0, 0.05) is 5.92 Å². The Balaban J connectivity index is 1.36. The highest BCUT2D eigenvalue weighted by molar-refractivity contribution is 5.89. The molecule has 4 aliphatic carbocycles. The van der Waals surface area contributed by atoms with Gasteiger partial charge in [-0.15, -0.1) is 0 Å². The standard InChI is InChI=1S/C29H38O3/c1-18(30)24-11-12-25-23-10-9-22-17-21(19-5-7-20(8-6-19)27(31)32-4)13-15-28(22,2)26(23)14-16-29(24,25)3/h5-9,21,23-26H,10-17H2,1-4H3. The number of fused-ring (bicyclic) bond motifs is 5. The molecule has 7 atom stereocenters. The third-order valence-electron chi connectivity index (χ3n) is 10.4. The lowest BCUT2D eigenvalue weighted by Gasteiger charge is -2.58. The summed E-state index contributed by atoms with van der Waals surface area (Å²) in [6.07, 6.45) is 12.3. The van der Waals surface area contributed by atoms with Gasteiger partial charge >= 0.3 is 5.97 Å². The average Bonchev–Trinajstić information content (AvgIpc) is 3.15. The maximum absolute atomic E-state index is 12.4. The second-order valence-corrected chi connectivity index (χ2v) is 11.6. The summed E-state index contributed by atoms with van der Waals surface area (Å²) >= 11 is 0. The van der Waals surface area contributed by atoms with Gasteiger partial charge in [-0.2, -0.15) is 0 Å². The second kappa shape index (κ2) is 7.85. The molecule has 0 heterocycles. The largest absolute Gasteiger partial charge is 0.465 e. The number of rotatable bonds is 3. The van der Waals surface area contributed by atoms with E-state index in [-0.39, 0.29) is 17.3 Å². The number of allylic oxidation sites excluding steroid dienone is 2. The van der Waals surface area contributed by atoms with E-state index in [1.165, 1.54) is 51.2 Å². The molecule has 3 nitrogen and oxygen atoms in total. The van der Waals surface area contributed by atoms with Gasteiger partial charge in [0.25, 0.3) is 0 Å². The quantitative estimate of drug-likeness (QED) is 0.391. The van der Waals surface area contributed by atoms with Gasteiger partial charge in [0.1, 0.15) is 5.78 Å². The van der Waals surface area contributed by atoms with Crippen molar-refractivity contribution in [3.8, 4) is 0 Å². The Morgan fingerprint density at radius 3 is 2.41 bits per heavy atom. The zero-order valence-electron chi connectivity index (χ0n) is 20.2. The van der Waals surface area contributed by atoms with Crippen LogP contribution in [0.2, 0.25) is 0 Å². The first-order valence-corrected chi connectivity index (χ1v) is 12.7. The molecular formula is C29H38O3. The van der Waals surface area contributed by atoms with Crippen LogP contribution in [-0.2, 0) is 9.53 Å². The molecule has 172 valence electrons. The van der Waals surface area contributed by atoms with Crippen LogP contribution in [0, 0.1) is 34.5 Å². The van der Waals surface area contributed by atoms with Crippen LogP contribution >= 0.6 is 0 Å². The fourth-order valence-electron chi connectivity index (χ4n) is 8.62. The number of ether oxygens (including phenoxy) is 1. The van der Waals surface area contributed by atoms with Gasteiger partial charge in [-0.3, -0.25) is 4.79 Å². The molecule has 32 heavy (non-hydrogen) atoms. The molecule has 0 bridgehead atoms. The van der Waals surface area contributed by atoms with E-state index in [1.54, 1.807) is 5.57 Å². The molecule has 0 radical (unpaired) electrons. The highest BCUT2D eigenvalue weighted by Crippen LogP contribution is 2.67. The highest BCUT2D eigenvalue weighted by Gasteiger charge is 2.59. The number of carbonyl (C=O) groups excluding carboxylic acids is 2. The van der Waals surface area contributed by atoms with Crippen molar-refractivity contribution in [1.29, 1.82) is 0 Å². The fraction of sp³-hybridized carbons (Fsp3) is 0.655. The van der Waals surface area contributed by atoms with Gasteiger partial charge in [0.05, 0.1) is 12.7 Å². The predicted octanol–water partition coefficient (Wildman–Crippen LogP) is 6.72. The molecule has 4 aliphatic rings. The van der Waals surface area contributed by atoms with Gasteiger partial charge in [0.15, 0.2) is 0 Å². The van der Waals surface area contributed by atoms with Crippen LogP contribution in [0.1, 0.15) is 94.0 Å². The van der Waals surface area contributed by atoms with E-state index in [9.17, 15) is 9.59 Å². The van der Waals surface area contributed by atoms with Crippen LogP contribution < -0.4 is 0 Å². The summed E-state index contributed by atoms with van der Waals surface area (Å²) in [5, 5.41) is 0. The minimum atomic E-state index is -0.267. The van der Waals surface area contributed by atoms with Crippen molar-refractivity contribution in [3.05, 3.63) is 47.0 Å². The number of ketones is 1. The third kappa shape index (κ3) is 3.22. The van der Waals surface area contributed by atoms with Gasteiger partial charge in [-0.25, -0.2) is 4.79 Å². The zero-order chi connectivity index (χ0) is 22.7. The Bertz CT molecular complexity index is 944. The number of esters is 1. The summed E-state index contributed by atoms with van der Waals surface area (Å²) in [6.45, 7) is 6.80. The summed E-state index contributed by atoms with van der Waals surface area (Å²) in [4.78, 5) is 24.1. The van der Waals surface area contributed by atoms with E-state index in [4.69, 9.17) is 4.74 Å². The van der Waals surface area contributed by atoms with Crippen LogP contribution in [0.3, 0.4) is 0 Å². The normalized spacial score (nSPS) is 40.5. The van der Waals surface area contributed by atoms with Crippen molar-refractivity contribution in [2.75, 3.05) is 7.11 Å². The number of benzene rings is 1. The van der Waals surface area contributed by atoms with E-state index in [1.807, 2.05) is 19.1 Å². The van der Waals surface area contributed by atoms with Gasteiger partial charge in [-0.05, 0) is 110 Å². The predicted molar refractivity (Wildman–Crippen MR) is 126 cm³/mol. The van der Waals surface area contributed by atoms with Gasteiger partial charge in [-0.1, -0.05) is 37.6 Å². The maximum Gasteiger partial charge on any atom is 0.337 e. The van der Waals surface area contributed by atoms with Crippen LogP contribution in [0.5, 0.6) is 0 Å². The van der Waals surface area contributed by atoms with Crippen LogP contribution in [0.4, 0.5) is 0 Å². The molecule has 7 unspecified atom stereocenters. The molecule has 5 rings (SSSR count). The van der Waals surface area contributed by atoms with Crippen molar-refractivity contribution in [2.45, 2.75) is 78.1 Å². The summed E-state index contributed by atoms with van der Waals surface area (Å²) < 4.78 is 4.85. The molecule has 3 saturated carbocycles. The maximum atomic E-state index is 12.4. The number of methoxy groups -OCH3 is 1. The summed E-state index contributed by atoms with van der Waals surface area (Å²) in [7, 11) is 1.43.